The minimum Gasteiger partial charge on any atom is -0.237 e. The molecule has 0 unspecified atom stereocenters. The Morgan fingerprint density at radius 3 is 1.45 bits per heavy atom. The van der Waals surface area contributed by atoms with Gasteiger partial charge >= 0.3 is 0 Å². The van der Waals surface area contributed by atoms with E-state index in [0.717, 1.165) is 38.8 Å². The maximum Gasteiger partial charge on any atom is 0.164 e. The molecule has 5 heteroatoms. The first kappa shape index (κ1) is 23.6. The first-order chi connectivity index (χ1) is 19.8. The van der Waals surface area contributed by atoms with Crippen molar-refractivity contribution in [2.75, 3.05) is 0 Å². The van der Waals surface area contributed by atoms with Crippen molar-refractivity contribution in [1.29, 1.82) is 0 Å². The van der Waals surface area contributed by atoms with E-state index in [1.165, 1.54) is 5.39 Å². The molecule has 0 saturated heterocycles. The van der Waals surface area contributed by atoms with Gasteiger partial charge in [-0.3, -0.25) is 0 Å². The smallest absolute Gasteiger partial charge is 0.164 e. The van der Waals surface area contributed by atoms with Gasteiger partial charge in [0.15, 0.2) is 23.3 Å². The Labute approximate surface area is 231 Å². The third-order valence-electron chi connectivity index (χ3n) is 6.87. The van der Waals surface area contributed by atoms with Gasteiger partial charge in [-0.05, 0) is 28.5 Å². The molecule has 0 aliphatic heterocycles. The van der Waals surface area contributed by atoms with Crippen LogP contribution in [0.4, 0.5) is 0 Å². The van der Waals surface area contributed by atoms with Gasteiger partial charge in [-0.1, -0.05) is 115 Å². The molecule has 0 amide bonds. The van der Waals surface area contributed by atoms with Crippen LogP contribution in [0.25, 0.3) is 67.5 Å². The Morgan fingerprint density at radius 2 is 0.850 bits per heavy atom. The number of rotatable bonds is 5. The molecule has 5 aromatic carbocycles. The number of hydrogen-bond acceptors (Lipinski definition) is 5. The molecule has 0 N–H and O–H groups in total. The van der Waals surface area contributed by atoms with Crippen LogP contribution < -0.4 is 0 Å². The first-order valence-corrected chi connectivity index (χ1v) is 13.1. The molecule has 7 rings (SSSR count). The average Bonchev–Trinajstić information content (AvgIpc) is 3.05. The lowest BCUT2D eigenvalue weighted by Crippen LogP contribution is -2.00. The molecule has 2 heterocycles. The second-order valence-electron chi connectivity index (χ2n) is 9.40. The highest BCUT2D eigenvalue weighted by molar-refractivity contribution is 6.03. The Balaban J connectivity index is 1.37. The highest BCUT2D eigenvalue weighted by Crippen LogP contribution is 2.37. The van der Waals surface area contributed by atoms with Crippen molar-refractivity contribution in [3.05, 3.63) is 140 Å². The summed E-state index contributed by atoms with van der Waals surface area (Å²) < 4.78 is 0. The van der Waals surface area contributed by atoms with Crippen molar-refractivity contribution in [1.82, 2.24) is 24.9 Å². The number of nitrogens with zero attached hydrogens (tertiary/aromatic N) is 5. The summed E-state index contributed by atoms with van der Waals surface area (Å²) in [6.45, 7) is 0. The summed E-state index contributed by atoms with van der Waals surface area (Å²) in [6.07, 6.45) is 3.56. The van der Waals surface area contributed by atoms with Crippen LogP contribution in [-0.2, 0) is 0 Å². The monoisotopic (exact) mass is 513 g/mol. The Bertz CT molecular complexity index is 1860. The molecule has 5 nitrogen and oxygen atoms in total. The third kappa shape index (κ3) is 4.50. The number of aromatic nitrogens is 5. The van der Waals surface area contributed by atoms with E-state index in [9.17, 15) is 0 Å². The molecule has 0 radical (unpaired) electrons. The van der Waals surface area contributed by atoms with E-state index in [4.69, 9.17) is 15.0 Å². The first-order valence-electron chi connectivity index (χ1n) is 13.1. The maximum absolute atomic E-state index is 4.87. The Morgan fingerprint density at radius 1 is 0.350 bits per heavy atom. The number of hydrogen-bond donors (Lipinski definition) is 0. The molecule has 0 bridgehead atoms. The van der Waals surface area contributed by atoms with Crippen LogP contribution in [0.3, 0.4) is 0 Å². The van der Waals surface area contributed by atoms with Gasteiger partial charge in [-0.15, -0.1) is 0 Å². The van der Waals surface area contributed by atoms with Gasteiger partial charge in [0.25, 0.3) is 0 Å². The summed E-state index contributed by atoms with van der Waals surface area (Å²) in [4.78, 5) is 23.6. The van der Waals surface area contributed by atoms with E-state index < -0.39 is 0 Å². The fourth-order valence-corrected chi connectivity index (χ4v) is 4.93. The Hall–Kier alpha value is -5.55. The lowest BCUT2D eigenvalue weighted by molar-refractivity contribution is 1.07. The standard InChI is InChI=1S/C35H23N5/c1-3-11-26(12-4-1)32-38-33(27-13-5-2-6-14-27)40-34(39-32)28-18-16-25(17-19-28)31-29-15-8-7-10-24(29)20-21-30(31)35-36-22-9-23-37-35/h1-23H. The van der Waals surface area contributed by atoms with Crippen LogP contribution in [0.5, 0.6) is 0 Å². The van der Waals surface area contributed by atoms with Crippen molar-refractivity contribution in [2.24, 2.45) is 0 Å². The van der Waals surface area contributed by atoms with Crippen LogP contribution in [0.2, 0.25) is 0 Å². The minimum atomic E-state index is 0.629. The topological polar surface area (TPSA) is 64.5 Å². The second kappa shape index (κ2) is 10.3. The predicted molar refractivity (Wildman–Crippen MR) is 160 cm³/mol. The molecule has 188 valence electrons. The molecule has 0 atom stereocenters. The lowest BCUT2D eigenvalue weighted by atomic mass is 9.92. The number of benzene rings is 5. The van der Waals surface area contributed by atoms with Gasteiger partial charge in [-0.2, -0.15) is 0 Å². The van der Waals surface area contributed by atoms with Crippen LogP contribution in [0.1, 0.15) is 0 Å². The molecule has 0 saturated carbocycles. The van der Waals surface area contributed by atoms with E-state index in [2.05, 4.69) is 70.6 Å². The van der Waals surface area contributed by atoms with E-state index >= 15 is 0 Å². The summed E-state index contributed by atoms with van der Waals surface area (Å²) in [5.74, 6) is 2.62. The van der Waals surface area contributed by atoms with Crippen LogP contribution in [0, 0.1) is 0 Å². The Kier molecular flexibility index (Phi) is 6.07. The van der Waals surface area contributed by atoms with Crippen molar-refractivity contribution in [3.8, 4) is 56.7 Å². The van der Waals surface area contributed by atoms with Crippen molar-refractivity contribution < 1.29 is 0 Å². The SMILES string of the molecule is c1ccc(-c2nc(-c3ccccc3)nc(-c3ccc(-c4c(-c5ncccn5)ccc5ccccc45)cc3)n2)cc1. The van der Waals surface area contributed by atoms with Crippen molar-refractivity contribution in [2.45, 2.75) is 0 Å². The van der Waals surface area contributed by atoms with Crippen molar-refractivity contribution in [3.63, 3.8) is 0 Å². The van der Waals surface area contributed by atoms with Crippen LogP contribution in [0.15, 0.2) is 140 Å². The predicted octanol–water partition coefficient (Wildman–Crippen LogP) is 8.15. The van der Waals surface area contributed by atoms with E-state index in [-0.39, 0.29) is 0 Å². The summed E-state index contributed by atoms with van der Waals surface area (Å²) in [5, 5.41) is 2.32. The lowest BCUT2D eigenvalue weighted by Gasteiger charge is -2.14. The quantitative estimate of drug-likeness (QED) is 0.232. The molecular weight excluding hydrogens is 490 g/mol. The largest absolute Gasteiger partial charge is 0.237 e. The van der Waals surface area contributed by atoms with Crippen LogP contribution in [-0.4, -0.2) is 24.9 Å². The van der Waals surface area contributed by atoms with Crippen LogP contribution >= 0.6 is 0 Å². The van der Waals surface area contributed by atoms with E-state index in [1.54, 1.807) is 12.4 Å². The summed E-state index contributed by atoms with van der Waals surface area (Å²) >= 11 is 0. The van der Waals surface area contributed by atoms with Gasteiger partial charge in [0.2, 0.25) is 0 Å². The van der Waals surface area contributed by atoms with E-state index in [1.807, 2.05) is 66.7 Å². The minimum absolute atomic E-state index is 0.629. The highest BCUT2D eigenvalue weighted by Gasteiger charge is 2.15. The molecule has 0 aliphatic rings. The van der Waals surface area contributed by atoms with E-state index in [0.29, 0.717) is 23.3 Å². The normalized spacial score (nSPS) is 11.0. The van der Waals surface area contributed by atoms with Gasteiger partial charge in [-0.25, -0.2) is 24.9 Å². The second-order valence-corrected chi connectivity index (χ2v) is 9.40. The summed E-state index contributed by atoms with van der Waals surface area (Å²) in [5.41, 5.74) is 5.97. The van der Waals surface area contributed by atoms with Crippen molar-refractivity contribution >= 4 is 10.8 Å². The average molecular weight is 514 g/mol. The van der Waals surface area contributed by atoms with Gasteiger partial charge in [0.1, 0.15) is 0 Å². The zero-order chi connectivity index (χ0) is 26.7. The highest BCUT2D eigenvalue weighted by atomic mass is 15.0. The molecule has 0 fully saturated rings. The fourth-order valence-electron chi connectivity index (χ4n) is 4.93. The molecule has 0 spiro atoms. The molecule has 7 aromatic rings. The van der Waals surface area contributed by atoms with Gasteiger partial charge in [0, 0.05) is 40.2 Å². The molecular formula is C35H23N5. The third-order valence-corrected chi connectivity index (χ3v) is 6.87. The molecule has 2 aromatic heterocycles. The molecule has 40 heavy (non-hydrogen) atoms. The summed E-state index contributed by atoms with van der Waals surface area (Å²) in [7, 11) is 0. The maximum atomic E-state index is 4.87. The number of fused-ring (bicyclic) bond motifs is 1. The molecule has 0 aliphatic carbocycles. The zero-order valence-electron chi connectivity index (χ0n) is 21.5. The van der Waals surface area contributed by atoms with Gasteiger partial charge in [0.05, 0.1) is 0 Å². The zero-order valence-corrected chi connectivity index (χ0v) is 21.5. The van der Waals surface area contributed by atoms with Gasteiger partial charge < -0.3 is 0 Å². The fraction of sp³-hybridized carbons (Fsp3) is 0. The summed E-state index contributed by atoms with van der Waals surface area (Å²) in [6, 6.07) is 42.9.